The number of nitrogens with zero attached hydrogens (tertiary/aromatic N) is 2. The largest absolute Gasteiger partial charge is 0.497 e. The van der Waals surface area contributed by atoms with E-state index in [1.807, 2.05) is 37.3 Å². The molecular formula is C20H24N2O5S. The molecule has 7 nitrogen and oxygen atoms in total. The number of hydrogen-bond acceptors (Lipinski definition) is 6. The van der Waals surface area contributed by atoms with Gasteiger partial charge in [-0.2, -0.15) is 9.52 Å². The fourth-order valence-electron chi connectivity index (χ4n) is 3.20. The predicted octanol–water partition coefficient (Wildman–Crippen LogP) is 3.21. The third-order valence-corrected chi connectivity index (χ3v) is 5.53. The highest BCUT2D eigenvalue weighted by atomic mass is 32.2. The number of methoxy groups -OCH3 is 2. The van der Waals surface area contributed by atoms with Crippen LogP contribution in [0, 0.1) is 0 Å². The molecule has 0 bridgehead atoms. The van der Waals surface area contributed by atoms with Gasteiger partial charge in [-0.15, -0.1) is 0 Å². The van der Waals surface area contributed by atoms with Gasteiger partial charge in [0.1, 0.15) is 17.2 Å². The smallest absolute Gasteiger partial charge is 0.247 e. The SMILES string of the molecule is CCOc1ccc(C2=NN(S(C)(=O)=O)[C@@H](c3ccc(OC)cc3OC)C2)cc1. The van der Waals surface area contributed by atoms with Gasteiger partial charge in [0.05, 0.1) is 38.8 Å². The second kappa shape index (κ2) is 8.10. The van der Waals surface area contributed by atoms with Crippen LogP contribution in [-0.4, -0.2) is 45.6 Å². The summed E-state index contributed by atoms with van der Waals surface area (Å²) < 4.78 is 42.1. The second-order valence-corrected chi connectivity index (χ2v) is 8.21. The normalized spacial score (nSPS) is 16.6. The van der Waals surface area contributed by atoms with Crippen molar-refractivity contribution in [3.63, 3.8) is 0 Å². The molecule has 1 heterocycles. The molecule has 1 atom stereocenters. The Morgan fingerprint density at radius 3 is 2.32 bits per heavy atom. The average Bonchev–Trinajstić information content (AvgIpc) is 3.14. The molecule has 0 aliphatic carbocycles. The van der Waals surface area contributed by atoms with Crippen LogP contribution in [0.1, 0.15) is 30.5 Å². The van der Waals surface area contributed by atoms with E-state index in [1.54, 1.807) is 26.4 Å². The first kappa shape index (κ1) is 20.0. The van der Waals surface area contributed by atoms with Crippen LogP contribution in [0.4, 0.5) is 0 Å². The van der Waals surface area contributed by atoms with Crippen LogP contribution >= 0.6 is 0 Å². The maximum Gasteiger partial charge on any atom is 0.247 e. The topological polar surface area (TPSA) is 77.4 Å². The monoisotopic (exact) mass is 404 g/mol. The molecule has 2 aromatic carbocycles. The Bertz CT molecular complexity index is 971. The molecule has 0 N–H and O–H groups in total. The quantitative estimate of drug-likeness (QED) is 0.708. The van der Waals surface area contributed by atoms with Gasteiger partial charge in [0.25, 0.3) is 0 Å². The Balaban J connectivity index is 1.98. The van der Waals surface area contributed by atoms with Crippen molar-refractivity contribution in [2.75, 3.05) is 27.1 Å². The van der Waals surface area contributed by atoms with Crippen molar-refractivity contribution in [1.29, 1.82) is 0 Å². The lowest BCUT2D eigenvalue weighted by atomic mass is 9.98. The molecule has 28 heavy (non-hydrogen) atoms. The van der Waals surface area contributed by atoms with Gasteiger partial charge >= 0.3 is 0 Å². The van der Waals surface area contributed by atoms with Gasteiger partial charge in [-0.25, -0.2) is 8.42 Å². The number of benzene rings is 2. The van der Waals surface area contributed by atoms with Crippen molar-refractivity contribution in [3.05, 3.63) is 53.6 Å². The molecule has 0 fully saturated rings. The van der Waals surface area contributed by atoms with Gasteiger partial charge in [0, 0.05) is 18.1 Å². The predicted molar refractivity (Wildman–Crippen MR) is 108 cm³/mol. The second-order valence-electron chi connectivity index (χ2n) is 6.37. The Kier molecular flexibility index (Phi) is 5.79. The highest BCUT2D eigenvalue weighted by Crippen LogP contribution is 2.40. The van der Waals surface area contributed by atoms with Gasteiger partial charge in [-0.05, 0) is 48.9 Å². The van der Waals surface area contributed by atoms with Crippen molar-refractivity contribution in [3.8, 4) is 17.2 Å². The van der Waals surface area contributed by atoms with Crippen LogP contribution in [0.25, 0.3) is 0 Å². The lowest BCUT2D eigenvalue weighted by Gasteiger charge is -2.23. The molecule has 0 unspecified atom stereocenters. The van der Waals surface area contributed by atoms with Crippen LogP contribution in [0.3, 0.4) is 0 Å². The van der Waals surface area contributed by atoms with Gasteiger partial charge in [-0.1, -0.05) is 0 Å². The highest BCUT2D eigenvalue weighted by molar-refractivity contribution is 7.88. The van der Waals surface area contributed by atoms with Gasteiger partial charge in [0.15, 0.2) is 0 Å². The summed E-state index contributed by atoms with van der Waals surface area (Å²) in [5, 5.41) is 4.42. The molecular weight excluding hydrogens is 380 g/mol. The first-order valence-electron chi connectivity index (χ1n) is 8.89. The highest BCUT2D eigenvalue weighted by Gasteiger charge is 2.36. The third-order valence-electron chi connectivity index (χ3n) is 4.51. The minimum absolute atomic E-state index is 0.434. The minimum Gasteiger partial charge on any atom is -0.497 e. The zero-order chi connectivity index (χ0) is 20.3. The van der Waals surface area contributed by atoms with Crippen molar-refractivity contribution in [2.24, 2.45) is 5.10 Å². The first-order valence-corrected chi connectivity index (χ1v) is 10.7. The fourth-order valence-corrected chi connectivity index (χ4v) is 4.10. The van der Waals surface area contributed by atoms with Crippen molar-refractivity contribution >= 4 is 15.7 Å². The van der Waals surface area contributed by atoms with Gasteiger partial charge < -0.3 is 14.2 Å². The summed E-state index contributed by atoms with van der Waals surface area (Å²) >= 11 is 0. The van der Waals surface area contributed by atoms with Crippen molar-refractivity contribution in [2.45, 2.75) is 19.4 Å². The fraction of sp³-hybridized carbons (Fsp3) is 0.350. The molecule has 3 rings (SSSR count). The molecule has 0 saturated carbocycles. The Labute approximate surface area is 165 Å². The van der Waals surface area contributed by atoms with E-state index in [1.165, 1.54) is 0 Å². The lowest BCUT2D eigenvalue weighted by molar-refractivity contribution is 0.340. The summed E-state index contributed by atoms with van der Waals surface area (Å²) in [4.78, 5) is 0. The molecule has 8 heteroatoms. The summed E-state index contributed by atoms with van der Waals surface area (Å²) in [5.74, 6) is 1.96. The van der Waals surface area contributed by atoms with E-state index in [9.17, 15) is 8.42 Å². The van der Waals surface area contributed by atoms with Crippen LogP contribution in [-0.2, 0) is 10.0 Å². The molecule has 0 spiro atoms. The number of hydrazone groups is 1. The Morgan fingerprint density at radius 2 is 1.75 bits per heavy atom. The van der Waals surface area contributed by atoms with Gasteiger partial charge in [-0.3, -0.25) is 0 Å². The number of rotatable bonds is 7. The van der Waals surface area contributed by atoms with E-state index >= 15 is 0 Å². The van der Waals surface area contributed by atoms with E-state index in [2.05, 4.69) is 5.10 Å². The first-order chi connectivity index (χ1) is 13.4. The van der Waals surface area contributed by atoms with Crippen molar-refractivity contribution < 1.29 is 22.6 Å². The molecule has 1 aliphatic heterocycles. The Hall–Kier alpha value is -2.74. The number of ether oxygens (including phenoxy) is 3. The summed E-state index contributed by atoms with van der Waals surface area (Å²) in [6, 6.07) is 12.3. The summed E-state index contributed by atoms with van der Waals surface area (Å²) in [7, 11) is -0.447. The summed E-state index contributed by atoms with van der Waals surface area (Å²) in [6.45, 7) is 2.51. The number of sulfonamides is 1. The zero-order valence-corrected chi connectivity index (χ0v) is 17.2. The Morgan fingerprint density at radius 1 is 1.07 bits per heavy atom. The molecule has 2 aromatic rings. The molecule has 0 aromatic heterocycles. The van der Waals surface area contributed by atoms with Crippen LogP contribution in [0.5, 0.6) is 17.2 Å². The molecule has 0 saturated heterocycles. The van der Waals surface area contributed by atoms with Crippen LogP contribution in [0.2, 0.25) is 0 Å². The molecule has 1 aliphatic rings. The number of hydrogen-bond donors (Lipinski definition) is 0. The zero-order valence-electron chi connectivity index (χ0n) is 16.4. The maximum atomic E-state index is 12.4. The van der Waals surface area contributed by atoms with Gasteiger partial charge in [0.2, 0.25) is 10.0 Å². The standard InChI is InChI=1S/C20H24N2O5S/c1-5-27-15-8-6-14(7-9-15)18-13-19(22(21-18)28(4,23)24)17-11-10-16(25-2)12-20(17)26-3/h6-12,19H,5,13H2,1-4H3/t19-/m1/s1. The maximum absolute atomic E-state index is 12.4. The molecule has 0 amide bonds. The summed E-state index contributed by atoms with van der Waals surface area (Å²) in [5.41, 5.74) is 2.28. The summed E-state index contributed by atoms with van der Waals surface area (Å²) in [6.07, 6.45) is 1.59. The minimum atomic E-state index is -3.56. The van der Waals surface area contributed by atoms with E-state index in [-0.39, 0.29) is 0 Å². The lowest BCUT2D eigenvalue weighted by Crippen LogP contribution is -2.26. The third kappa shape index (κ3) is 4.06. The van der Waals surface area contributed by atoms with Crippen molar-refractivity contribution in [1.82, 2.24) is 4.41 Å². The van der Waals surface area contributed by atoms with Crippen LogP contribution < -0.4 is 14.2 Å². The molecule has 150 valence electrons. The average molecular weight is 404 g/mol. The van der Waals surface area contributed by atoms with E-state index in [0.29, 0.717) is 30.2 Å². The van der Waals surface area contributed by atoms with E-state index in [4.69, 9.17) is 14.2 Å². The van der Waals surface area contributed by atoms with E-state index < -0.39 is 16.1 Å². The van der Waals surface area contributed by atoms with E-state index in [0.717, 1.165) is 27.5 Å². The molecule has 0 radical (unpaired) electrons. The van der Waals surface area contributed by atoms with Crippen LogP contribution in [0.15, 0.2) is 47.6 Å².